The van der Waals surface area contributed by atoms with Crippen molar-refractivity contribution in [2.24, 2.45) is 0 Å². The molecule has 0 aliphatic heterocycles. The SMILES string of the molecule is O=C(CC=CCO)On1c(O)ccc1O. The minimum Gasteiger partial charge on any atom is -0.492 e. The number of nitrogens with zero attached hydrogens (tertiary/aromatic N) is 1. The monoisotopic (exact) mass is 213 g/mol. The van der Waals surface area contributed by atoms with Crippen molar-refractivity contribution in [1.82, 2.24) is 4.73 Å². The van der Waals surface area contributed by atoms with E-state index in [9.17, 15) is 4.79 Å². The minimum absolute atomic E-state index is 0.0579. The summed E-state index contributed by atoms with van der Waals surface area (Å²) in [4.78, 5) is 15.7. The molecule has 1 aromatic heterocycles. The standard InChI is InChI=1S/C9H11NO5/c11-6-2-1-3-9(14)15-10-7(12)4-5-8(10)13/h1-2,4-5,11-13H,3,6H2. The van der Waals surface area contributed by atoms with Gasteiger partial charge in [-0.05, 0) is 0 Å². The van der Waals surface area contributed by atoms with Crippen LogP contribution in [0.4, 0.5) is 0 Å². The highest BCUT2D eigenvalue weighted by Crippen LogP contribution is 2.18. The summed E-state index contributed by atoms with van der Waals surface area (Å²) >= 11 is 0. The zero-order chi connectivity index (χ0) is 11.3. The number of aliphatic hydroxyl groups excluding tert-OH is 1. The molecule has 0 bridgehead atoms. The molecule has 3 N–H and O–H groups in total. The van der Waals surface area contributed by atoms with E-state index >= 15 is 0 Å². The average Bonchev–Trinajstić information content (AvgIpc) is 2.50. The van der Waals surface area contributed by atoms with E-state index in [2.05, 4.69) is 4.84 Å². The van der Waals surface area contributed by atoms with Crippen LogP contribution in [0.25, 0.3) is 0 Å². The molecule has 0 saturated carbocycles. The van der Waals surface area contributed by atoms with Gasteiger partial charge in [0.2, 0.25) is 11.8 Å². The van der Waals surface area contributed by atoms with Crippen LogP contribution in [-0.4, -0.2) is 32.6 Å². The van der Waals surface area contributed by atoms with Crippen LogP contribution in [0, 0.1) is 0 Å². The first-order chi connectivity index (χ1) is 7.15. The molecule has 0 aromatic carbocycles. The smallest absolute Gasteiger partial charge is 0.336 e. The van der Waals surface area contributed by atoms with E-state index in [0.29, 0.717) is 4.73 Å². The van der Waals surface area contributed by atoms with Crippen molar-refractivity contribution < 1.29 is 25.0 Å². The predicted molar refractivity (Wildman–Crippen MR) is 50.2 cm³/mol. The van der Waals surface area contributed by atoms with Crippen LogP contribution in [0.5, 0.6) is 11.8 Å². The van der Waals surface area contributed by atoms with E-state index < -0.39 is 5.97 Å². The fourth-order valence-electron chi connectivity index (χ4n) is 0.889. The molecule has 6 nitrogen and oxygen atoms in total. The number of hydrogen-bond acceptors (Lipinski definition) is 5. The maximum atomic E-state index is 11.1. The zero-order valence-corrected chi connectivity index (χ0v) is 7.83. The van der Waals surface area contributed by atoms with Crippen molar-refractivity contribution in [2.45, 2.75) is 6.42 Å². The summed E-state index contributed by atoms with van der Waals surface area (Å²) in [5.41, 5.74) is 0. The first kappa shape index (κ1) is 11.1. The van der Waals surface area contributed by atoms with Crippen LogP contribution in [0.3, 0.4) is 0 Å². The van der Waals surface area contributed by atoms with Crippen molar-refractivity contribution >= 4 is 5.97 Å². The van der Waals surface area contributed by atoms with Gasteiger partial charge >= 0.3 is 5.97 Å². The highest BCUT2D eigenvalue weighted by molar-refractivity contribution is 5.71. The Morgan fingerprint density at radius 1 is 1.33 bits per heavy atom. The van der Waals surface area contributed by atoms with Gasteiger partial charge in [0.25, 0.3) is 0 Å². The van der Waals surface area contributed by atoms with E-state index in [0.717, 1.165) is 0 Å². The van der Waals surface area contributed by atoms with Crippen LogP contribution < -0.4 is 4.84 Å². The Morgan fingerprint density at radius 2 is 1.93 bits per heavy atom. The third-order valence-electron chi connectivity index (χ3n) is 1.55. The summed E-state index contributed by atoms with van der Waals surface area (Å²) in [5.74, 6) is -1.40. The Hall–Kier alpha value is -1.95. The molecular weight excluding hydrogens is 202 g/mol. The van der Waals surface area contributed by atoms with Crippen molar-refractivity contribution in [3.8, 4) is 11.8 Å². The van der Waals surface area contributed by atoms with Crippen molar-refractivity contribution in [1.29, 1.82) is 0 Å². The first-order valence-electron chi connectivity index (χ1n) is 4.22. The van der Waals surface area contributed by atoms with Crippen LogP contribution in [0.2, 0.25) is 0 Å². The highest BCUT2D eigenvalue weighted by Gasteiger charge is 2.10. The van der Waals surface area contributed by atoms with Crippen LogP contribution >= 0.6 is 0 Å². The van der Waals surface area contributed by atoms with Crippen molar-refractivity contribution in [3.63, 3.8) is 0 Å². The molecule has 0 unspecified atom stereocenters. The van der Waals surface area contributed by atoms with E-state index in [4.69, 9.17) is 15.3 Å². The number of carbonyl (C=O) groups excluding carboxylic acids is 1. The van der Waals surface area contributed by atoms with Crippen molar-refractivity contribution in [3.05, 3.63) is 24.3 Å². The number of aliphatic hydroxyl groups is 1. The van der Waals surface area contributed by atoms with E-state index in [1.165, 1.54) is 24.3 Å². The third-order valence-corrected chi connectivity index (χ3v) is 1.55. The van der Waals surface area contributed by atoms with E-state index in [1.54, 1.807) is 0 Å². The maximum Gasteiger partial charge on any atom is 0.336 e. The molecule has 0 fully saturated rings. The molecular formula is C9H11NO5. The lowest BCUT2D eigenvalue weighted by molar-refractivity contribution is -0.144. The molecule has 82 valence electrons. The predicted octanol–water partition coefficient (Wildman–Crippen LogP) is -0.207. The second kappa shape index (κ2) is 5.06. The van der Waals surface area contributed by atoms with Gasteiger partial charge in [-0.2, -0.15) is 0 Å². The Kier molecular flexibility index (Phi) is 3.75. The van der Waals surface area contributed by atoms with Gasteiger partial charge in [-0.1, -0.05) is 12.2 Å². The molecule has 1 aromatic rings. The summed E-state index contributed by atoms with van der Waals surface area (Å²) in [7, 11) is 0. The molecule has 0 saturated heterocycles. The number of rotatable bonds is 4. The van der Waals surface area contributed by atoms with Gasteiger partial charge in [0, 0.05) is 12.1 Å². The van der Waals surface area contributed by atoms with Gasteiger partial charge < -0.3 is 20.2 Å². The van der Waals surface area contributed by atoms with Gasteiger partial charge in [0.1, 0.15) is 0 Å². The molecule has 1 heterocycles. The van der Waals surface area contributed by atoms with Gasteiger partial charge in [-0.15, -0.1) is 4.73 Å². The Morgan fingerprint density at radius 3 is 2.47 bits per heavy atom. The average molecular weight is 213 g/mol. The fraction of sp³-hybridized carbons (Fsp3) is 0.222. The quantitative estimate of drug-likeness (QED) is 0.602. The Bertz CT molecular complexity index is 349. The van der Waals surface area contributed by atoms with Gasteiger partial charge in [-0.25, -0.2) is 4.79 Å². The Balaban J connectivity index is 2.55. The van der Waals surface area contributed by atoms with Gasteiger partial charge in [-0.3, -0.25) is 0 Å². The second-order valence-corrected chi connectivity index (χ2v) is 2.67. The summed E-state index contributed by atoms with van der Waals surface area (Å²) in [6.45, 7) is -0.159. The minimum atomic E-state index is -0.665. The van der Waals surface area contributed by atoms with E-state index in [1.807, 2.05) is 0 Å². The number of aromatic nitrogens is 1. The van der Waals surface area contributed by atoms with Crippen LogP contribution in [0.15, 0.2) is 24.3 Å². The summed E-state index contributed by atoms with van der Waals surface area (Å²) < 4.78 is 0.606. The lowest BCUT2D eigenvalue weighted by Gasteiger charge is -2.04. The summed E-state index contributed by atoms with van der Waals surface area (Å²) in [6, 6.07) is 2.37. The first-order valence-corrected chi connectivity index (χ1v) is 4.22. The van der Waals surface area contributed by atoms with Gasteiger partial charge in [0.15, 0.2) is 0 Å². The number of carbonyl (C=O) groups is 1. The highest BCUT2D eigenvalue weighted by atomic mass is 16.7. The lowest BCUT2D eigenvalue weighted by Crippen LogP contribution is -2.17. The maximum absolute atomic E-state index is 11.1. The molecule has 0 aliphatic rings. The zero-order valence-electron chi connectivity index (χ0n) is 7.83. The van der Waals surface area contributed by atoms with Crippen molar-refractivity contribution in [2.75, 3.05) is 6.61 Å². The van der Waals surface area contributed by atoms with Crippen LogP contribution in [0.1, 0.15) is 6.42 Å². The van der Waals surface area contributed by atoms with Crippen LogP contribution in [-0.2, 0) is 4.79 Å². The molecule has 15 heavy (non-hydrogen) atoms. The van der Waals surface area contributed by atoms with E-state index in [-0.39, 0.29) is 24.8 Å². The summed E-state index contributed by atoms with van der Waals surface area (Å²) in [5, 5.41) is 26.6. The molecule has 1 rings (SSSR count). The number of aromatic hydroxyl groups is 2. The molecule has 0 radical (unpaired) electrons. The second-order valence-electron chi connectivity index (χ2n) is 2.67. The largest absolute Gasteiger partial charge is 0.492 e. The molecule has 0 atom stereocenters. The normalized spacial score (nSPS) is 10.7. The molecule has 6 heteroatoms. The fourth-order valence-corrected chi connectivity index (χ4v) is 0.889. The Labute approximate surface area is 85.6 Å². The molecule has 0 spiro atoms. The topological polar surface area (TPSA) is 91.9 Å². The number of hydrogen-bond donors (Lipinski definition) is 3. The molecule has 0 aliphatic carbocycles. The van der Waals surface area contributed by atoms with Gasteiger partial charge in [0.05, 0.1) is 13.0 Å². The summed E-state index contributed by atoms with van der Waals surface area (Å²) in [6.07, 6.45) is 2.74. The lowest BCUT2D eigenvalue weighted by atomic mass is 10.4. The third kappa shape index (κ3) is 3.03. The molecule has 0 amide bonds.